The van der Waals surface area contributed by atoms with Crippen LogP contribution < -0.4 is 0 Å². The number of para-hydroxylation sites is 1. The van der Waals surface area contributed by atoms with Gasteiger partial charge in [-0.2, -0.15) is 0 Å². The van der Waals surface area contributed by atoms with E-state index in [1.165, 1.54) is 46.1 Å². The minimum absolute atomic E-state index is 0.261. The van der Waals surface area contributed by atoms with Gasteiger partial charge >= 0.3 is 0 Å². The van der Waals surface area contributed by atoms with Crippen molar-refractivity contribution in [1.82, 2.24) is 4.57 Å². The number of hydrogen-bond acceptors (Lipinski definition) is 0. The molecule has 0 N–H and O–H groups in total. The van der Waals surface area contributed by atoms with Crippen LogP contribution in [0.1, 0.15) is 6.92 Å². The van der Waals surface area contributed by atoms with Crippen LogP contribution in [0.25, 0.3) is 21.8 Å². The van der Waals surface area contributed by atoms with Gasteiger partial charge in [0.05, 0.1) is 10.9 Å². The van der Waals surface area contributed by atoms with Crippen molar-refractivity contribution in [2.24, 2.45) is 0 Å². The van der Waals surface area contributed by atoms with E-state index < -0.39 is 10.9 Å². The average Bonchev–Trinajstić information content (AvgIpc) is 3.10. The number of hydrogen-bond donors (Lipinski definition) is 0. The standard InChI is InChI=1S/C26H20F2NS/c1-2-29-25-6-4-3-5-23(25)24-17-22(15-16-26(24)29)30(20-11-7-18(27)8-12-20)21-13-9-19(28)10-14-21/h3-17H,2H2,1H3/q+1. The van der Waals surface area contributed by atoms with Crippen molar-refractivity contribution in [2.45, 2.75) is 28.2 Å². The van der Waals surface area contributed by atoms with E-state index in [-0.39, 0.29) is 11.6 Å². The van der Waals surface area contributed by atoms with Gasteiger partial charge in [0, 0.05) is 34.4 Å². The first-order valence-corrected chi connectivity index (χ1v) is 11.1. The van der Waals surface area contributed by atoms with Gasteiger partial charge in [0.2, 0.25) is 0 Å². The van der Waals surface area contributed by atoms with Gasteiger partial charge in [-0.1, -0.05) is 18.2 Å². The van der Waals surface area contributed by atoms with Crippen molar-refractivity contribution in [3.05, 3.63) is 103 Å². The van der Waals surface area contributed by atoms with Crippen LogP contribution in [-0.2, 0) is 17.4 Å². The highest BCUT2D eigenvalue weighted by Crippen LogP contribution is 2.36. The molecular formula is C26H20F2NS+. The zero-order chi connectivity index (χ0) is 20.7. The van der Waals surface area contributed by atoms with E-state index in [9.17, 15) is 8.78 Å². The van der Waals surface area contributed by atoms with Gasteiger partial charge in [-0.3, -0.25) is 0 Å². The summed E-state index contributed by atoms with van der Waals surface area (Å²) in [6, 6.07) is 28.2. The highest BCUT2D eigenvalue weighted by atomic mass is 32.2. The smallest absolute Gasteiger partial charge is 0.167 e. The summed E-state index contributed by atoms with van der Waals surface area (Å²) in [5.74, 6) is -0.522. The van der Waals surface area contributed by atoms with Crippen molar-refractivity contribution >= 4 is 32.7 Å². The number of aromatic nitrogens is 1. The highest BCUT2D eigenvalue weighted by molar-refractivity contribution is 7.97. The molecule has 1 nitrogen and oxygen atoms in total. The van der Waals surface area contributed by atoms with Crippen molar-refractivity contribution in [3.63, 3.8) is 0 Å². The Bertz CT molecular complexity index is 1290. The Morgan fingerprint density at radius 1 is 0.633 bits per heavy atom. The summed E-state index contributed by atoms with van der Waals surface area (Å²) in [4.78, 5) is 3.13. The molecule has 30 heavy (non-hydrogen) atoms. The molecule has 0 radical (unpaired) electrons. The number of benzene rings is 4. The minimum Gasteiger partial charge on any atom is -0.341 e. The Morgan fingerprint density at radius 2 is 1.17 bits per heavy atom. The molecule has 1 heterocycles. The van der Waals surface area contributed by atoms with Gasteiger partial charge in [0.1, 0.15) is 11.6 Å². The second-order valence-electron chi connectivity index (χ2n) is 7.15. The summed E-state index contributed by atoms with van der Waals surface area (Å²) in [6.07, 6.45) is 0. The normalized spacial score (nSPS) is 11.6. The number of nitrogens with zero attached hydrogens (tertiary/aromatic N) is 1. The maximum absolute atomic E-state index is 13.6. The van der Waals surface area contributed by atoms with E-state index in [2.05, 4.69) is 54.0 Å². The number of aryl methyl sites for hydroxylation is 1. The summed E-state index contributed by atoms with van der Waals surface area (Å²) in [6.45, 7) is 3.05. The zero-order valence-electron chi connectivity index (χ0n) is 16.5. The molecule has 0 bridgehead atoms. The van der Waals surface area contributed by atoms with Gasteiger partial charge in [-0.25, -0.2) is 8.78 Å². The predicted octanol–water partition coefficient (Wildman–Crippen LogP) is 7.19. The van der Waals surface area contributed by atoms with Gasteiger partial charge in [0.25, 0.3) is 0 Å². The molecule has 148 valence electrons. The quantitative estimate of drug-likeness (QED) is 0.273. The van der Waals surface area contributed by atoms with E-state index in [0.717, 1.165) is 21.2 Å². The van der Waals surface area contributed by atoms with E-state index >= 15 is 0 Å². The summed E-state index contributed by atoms with van der Waals surface area (Å²) < 4.78 is 29.5. The summed E-state index contributed by atoms with van der Waals surface area (Å²) in [7, 11) is -0.465. The summed E-state index contributed by atoms with van der Waals surface area (Å²) in [5, 5.41) is 2.42. The lowest BCUT2D eigenvalue weighted by Gasteiger charge is -2.09. The lowest BCUT2D eigenvalue weighted by Crippen LogP contribution is -2.05. The molecule has 0 fully saturated rings. The molecule has 0 saturated carbocycles. The van der Waals surface area contributed by atoms with Crippen molar-refractivity contribution < 1.29 is 8.78 Å². The third kappa shape index (κ3) is 3.17. The van der Waals surface area contributed by atoms with Crippen LogP contribution >= 0.6 is 0 Å². The monoisotopic (exact) mass is 416 g/mol. The predicted molar refractivity (Wildman–Crippen MR) is 120 cm³/mol. The molecule has 1 aromatic heterocycles. The maximum atomic E-state index is 13.6. The maximum Gasteiger partial charge on any atom is 0.167 e. The fourth-order valence-electron chi connectivity index (χ4n) is 4.05. The zero-order valence-corrected chi connectivity index (χ0v) is 17.3. The van der Waals surface area contributed by atoms with E-state index in [1.54, 1.807) is 0 Å². The largest absolute Gasteiger partial charge is 0.341 e. The summed E-state index contributed by atoms with van der Waals surface area (Å²) >= 11 is 0. The van der Waals surface area contributed by atoms with Gasteiger partial charge in [-0.05, 0) is 73.7 Å². The average molecular weight is 417 g/mol. The second kappa shape index (κ2) is 7.62. The molecule has 4 aromatic carbocycles. The molecule has 0 aliphatic rings. The van der Waals surface area contributed by atoms with Gasteiger partial charge in [-0.15, -0.1) is 0 Å². The van der Waals surface area contributed by atoms with Crippen LogP contribution in [0.15, 0.2) is 106 Å². The van der Waals surface area contributed by atoms with Crippen LogP contribution in [0.4, 0.5) is 8.78 Å². The van der Waals surface area contributed by atoms with Crippen molar-refractivity contribution in [2.75, 3.05) is 0 Å². The van der Waals surface area contributed by atoms with Crippen LogP contribution in [0.5, 0.6) is 0 Å². The molecule has 5 aromatic rings. The molecule has 0 atom stereocenters. The number of fused-ring (bicyclic) bond motifs is 3. The van der Waals surface area contributed by atoms with Crippen molar-refractivity contribution in [1.29, 1.82) is 0 Å². The lowest BCUT2D eigenvalue weighted by molar-refractivity contribution is 0.626. The van der Waals surface area contributed by atoms with Crippen LogP contribution in [0, 0.1) is 11.6 Å². The number of rotatable bonds is 4. The lowest BCUT2D eigenvalue weighted by atomic mass is 10.1. The first kappa shape index (κ1) is 18.9. The fraction of sp³-hybridized carbons (Fsp3) is 0.0769. The Morgan fingerprint density at radius 3 is 1.77 bits per heavy atom. The third-order valence-electron chi connectivity index (χ3n) is 5.39. The number of halogens is 2. The Balaban J connectivity index is 1.75. The first-order chi connectivity index (χ1) is 14.7. The van der Waals surface area contributed by atoms with Crippen LogP contribution in [0.2, 0.25) is 0 Å². The topological polar surface area (TPSA) is 4.93 Å². The SMILES string of the molecule is CCn1c2ccccc2c2cc([S+](c3ccc(F)cc3)c3ccc(F)cc3)ccc21. The minimum atomic E-state index is -0.465. The Hall–Kier alpha value is -3.11. The molecule has 4 heteroatoms. The van der Waals surface area contributed by atoms with E-state index in [1.807, 2.05) is 24.3 Å². The van der Waals surface area contributed by atoms with Gasteiger partial charge < -0.3 is 4.57 Å². The van der Waals surface area contributed by atoms with Gasteiger partial charge in [0.15, 0.2) is 14.7 Å². The molecule has 0 spiro atoms. The van der Waals surface area contributed by atoms with Crippen LogP contribution in [0.3, 0.4) is 0 Å². The molecular weight excluding hydrogens is 396 g/mol. The fourth-order valence-corrected chi connectivity index (χ4v) is 6.12. The highest BCUT2D eigenvalue weighted by Gasteiger charge is 2.29. The van der Waals surface area contributed by atoms with Crippen molar-refractivity contribution in [3.8, 4) is 0 Å². The third-order valence-corrected chi connectivity index (χ3v) is 7.61. The Kier molecular flexibility index (Phi) is 4.80. The van der Waals surface area contributed by atoms with Crippen LogP contribution in [-0.4, -0.2) is 4.57 Å². The van der Waals surface area contributed by atoms with E-state index in [4.69, 9.17) is 0 Å². The molecule has 0 amide bonds. The van der Waals surface area contributed by atoms with E-state index in [0.29, 0.717) is 0 Å². The Labute approximate surface area is 176 Å². The molecule has 0 aliphatic carbocycles. The molecule has 0 unspecified atom stereocenters. The first-order valence-electron chi connectivity index (χ1n) is 9.92. The second-order valence-corrected chi connectivity index (χ2v) is 9.18. The summed E-state index contributed by atoms with van der Waals surface area (Å²) in [5.41, 5.74) is 2.42. The molecule has 0 saturated heterocycles. The molecule has 0 aliphatic heterocycles. The molecule has 5 rings (SSSR count).